The van der Waals surface area contributed by atoms with Crippen molar-refractivity contribution in [3.8, 4) is 0 Å². The number of carbonyl (C=O) groups is 1. The lowest BCUT2D eigenvalue weighted by molar-refractivity contribution is -0.116. The van der Waals surface area contributed by atoms with Crippen molar-refractivity contribution in [3.05, 3.63) is 35.1 Å². The van der Waals surface area contributed by atoms with E-state index < -0.39 is 0 Å². The Bertz CT molecular complexity index is 336. The third-order valence-electron chi connectivity index (χ3n) is 2.08. The molecule has 0 aliphatic rings. The van der Waals surface area contributed by atoms with Crippen LogP contribution in [0.3, 0.4) is 0 Å². The summed E-state index contributed by atoms with van der Waals surface area (Å²) >= 11 is 5.35. The number of alkyl halides is 1. The van der Waals surface area contributed by atoms with Gasteiger partial charge in [0, 0.05) is 6.42 Å². The highest BCUT2D eigenvalue weighted by molar-refractivity contribution is 6.27. The predicted molar refractivity (Wildman–Crippen MR) is 55.2 cm³/mol. The Labute approximate surface area is 87.9 Å². The molecule has 0 aliphatic heterocycles. The highest BCUT2D eigenvalue weighted by Crippen LogP contribution is 2.11. The molecule has 0 atom stereocenters. The highest BCUT2D eigenvalue weighted by Gasteiger charge is 2.03. The maximum absolute atomic E-state index is 13.1. The van der Waals surface area contributed by atoms with Gasteiger partial charge in [0.2, 0.25) is 0 Å². The van der Waals surface area contributed by atoms with E-state index >= 15 is 0 Å². The van der Waals surface area contributed by atoms with Gasteiger partial charge < -0.3 is 0 Å². The zero-order chi connectivity index (χ0) is 10.6. The first-order valence-corrected chi connectivity index (χ1v) is 4.99. The van der Waals surface area contributed by atoms with E-state index in [1.807, 2.05) is 6.07 Å². The fourth-order valence-electron chi connectivity index (χ4n) is 1.14. The van der Waals surface area contributed by atoms with Crippen LogP contribution in [0.5, 0.6) is 0 Å². The smallest absolute Gasteiger partial charge is 0.147 e. The number of ketones is 1. The molecule has 0 saturated heterocycles. The molecule has 0 N–H and O–H groups in total. The van der Waals surface area contributed by atoms with Gasteiger partial charge in [0.05, 0.1) is 5.88 Å². The fourth-order valence-corrected chi connectivity index (χ4v) is 1.28. The lowest BCUT2D eigenvalue weighted by Crippen LogP contribution is -2.01. The van der Waals surface area contributed by atoms with Gasteiger partial charge in [-0.05, 0) is 30.5 Å². The minimum atomic E-state index is -0.221. The SMILES string of the molecule is Cc1ccc(CCC(=O)CCl)cc1F. The summed E-state index contributed by atoms with van der Waals surface area (Å²) in [6.07, 6.45) is 0.939. The first-order chi connectivity index (χ1) is 6.63. The van der Waals surface area contributed by atoms with Crippen molar-refractivity contribution in [2.24, 2.45) is 0 Å². The van der Waals surface area contributed by atoms with Crippen LogP contribution in [0.1, 0.15) is 17.5 Å². The second-order valence-electron chi connectivity index (χ2n) is 3.26. The van der Waals surface area contributed by atoms with Crippen LogP contribution < -0.4 is 0 Å². The molecular weight excluding hydrogens is 203 g/mol. The van der Waals surface area contributed by atoms with Gasteiger partial charge >= 0.3 is 0 Å². The summed E-state index contributed by atoms with van der Waals surface area (Å²) in [6.45, 7) is 1.71. The number of rotatable bonds is 4. The largest absolute Gasteiger partial charge is 0.298 e. The molecule has 0 heterocycles. The number of Topliss-reactive ketones (excluding diaryl/α,β-unsaturated/α-hetero) is 1. The quantitative estimate of drug-likeness (QED) is 0.705. The van der Waals surface area contributed by atoms with Crippen molar-refractivity contribution < 1.29 is 9.18 Å². The van der Waals surface area contributed by atoms with Crippen molar-refractivity contribution in [2.75, 3.05) is 5.88 Å². The Balaban J connectivity index is 2.60. The number of hydrogen-bond acceptors (Lipinski definition) is 1. The molecule has 14 heavy (non-hydrogen) atoms. The topological polar surface area (TPSA) is 17.1 Å². The van der Waals surface area contributed by atoms with Crippen LogP contribution in [-0.4, -0.2) is 11.7 Å². The van der Waals surface area contributed by atoms with E-state index in [2.05, 4.69) is 0 Å². The van der Waals surface area contributed by atoms with Gasteiger partial charge in [-0.2, -0.15) is 0 Å². The lowest BCUT2D eigenvalue weighted by atomic mass is 10.1. The van der Waals surface area contributed by atoms with Gasteiger partial charge in [-0.25, -0.2) is 4.39 Å². The second-order valence-corrected chi connectivity index (χ2v) is 3.52. The fraction of sp³-hybridized carbons (Fsp3) is 0.364. The maximum atomic E-state index is 13.1. The molecule has 0 aromatic heterocycles. The Morgan fingerprint density at radius 3 is 2.79 bits per heavy atom. The minimum absolute atomic E-state index is 0.00681. The monoisotopic (exact) mass is 214 g/mol. The Hall–Kier alpha value is -0.890. The Morgan fingerprint density at radius 1 is 1.50 bits per heavy atom. The number of benzene rings is 1. The van der Waals surface area contributed by atoms with E-state index in [4.69, 9.17) is 11.6 Å². The molecule has 76 valence electrons. The summed E-state index contributed by atoms with van der Waals surface area (Å²) in [4.78, 5) is 10.9. The standard InChI is InChI=1S/C11H12ClFO/c1-8-2-3-9(6-11(8)13)4-5-10(14)7-12/h2-3,6H,4-5,7H2,1H3. The van der Waals surface area contributed by atoms with Gasteiger partial charge in [-0.15, -0.1) is 11.6 Å². The molecule has 0 bridgehead atoms. The van der Waals surface area contributed by atoms with Crippen molar-refractivity contribution in [3.63, 3.8) is 0 Å². The highest BCUT2D eigenvalue weighted by atomic mass is 35.5. The summed E-state index contributed by atoms with van der Waals surface area (Å²) in [7, 11) is 0. The minimum Gasteiger partial charge on any atom is -0.298 e. The third-order valence-corrected chi connectivity index (χ3v) is 2.38. The Kier molecular flexibility index (Phi) is 4.08. The van der Waals surface area contributed by atoms with E-state index in [1.54, 1.807) is 13.0 Å². The van der Waals surface area contributed by atoms with E-state index in [9.17, 15) is 9.18 Å². The molecule has 1 aromatic carbocycles. The zero-order valence-electron chi connectivity index (χ0n) is 8.02. The molecule has 1 rings (SSSR count). The average Bonchev–Trinajstić information content (AvgIpc) is 2.19. The van der Waals surface area contributed by atoms with E-state index in [0.717, 1.165) is 5.56 Å². The van der Waals surface area contributed by atoms with Crippen LogP contribution in [0.15, 0.2) is 18.2 Å². The van der Waals surface area contributed by atoms with Crippen molar-refractivity contribution in [2.45, 2.75) is 19.8 Å². The van der Waals surface area contributed by atoms with Crippen LogP contribution >= 0.6 is 11.6 Å². The van der Waals surface area contributed by atoms with Crippen LogP contribution in [0.25, 0.3) is 0 Å². The summed E-state index contributed by atoms with van der Waals surface area (Å²) < 4.78 is 13.1. The normalized spacial score (nSPS) is 10.2. The third kappa shape index (κ3) is 3.11. The molecule has 0 unspecified atom stereocenters. The van der Waals surface area contributed by atoms with Gasteiger partial charge in [0.15, 0.2) is 0 Å². The van der Waals surface area contributed by atoms with Crippen LogP contribution in [-0.2, 0) is 11.2 Å². The van der Waals surface area contributed by atoms with Crippen molar-refractivity contribution >= 4 is 17.4 Å². The van der Waals surface area contributed by atoms with Gasteiger partial charge in [0.1, 0.15) is 11.6 Å². The zero-order valence-corrected chi connectivity index (χ0v) is 8.77. The summed E-state index contributed by atoms with van der Waals surface area (Å²) in [6, 6.07) is 5.02. The van der Waals surface area contributed by atoms with E-state index in [-0.39, 0.29) is 17.5 Å². The average molecular weight is 215 g/mol. The van der Waals surface area contributed by atoms with Crippen LogP contribution in [0.2, 0.25) is 0 Å². The van der Waals surface area contributed by atoms with Gasteiger partial charge in [0.25, 0.3) is 0 Å². The van der Waals surface area contributed by atoms with Gasteiger partial charge in [-0.3, -0.25) is 4.79 Å². The molecule has 3 heteroatoms. The first-order valence-electron chi connectivity index (χ1n) is 4.46. The van der Waals surface area contributed by atoms with Crippen LogP contribution in [0, 0.1) is 12.7 Å². The maximum Gasteiger partial charge on any atom is 0.147 e. The molecule has 0 spiro atoms. The molecule has 0 saturated carbocycles. The predicted octanol–water partition coefficient (Wildman–Crippen LogP) is 2.87. The summed E-state index contributed by atoms with van der Waals surface area (Å²) in [5.41, 5.74) is 1.46. The number of halogens is 2. The molecule has 0 fully saturated rings. The first kappa shape index (κ1) is 11.2. The molecule has 0 amide bonds. The summed E-state index contributed by atoms with van der Waals surface area (Å²) in [5, 5.41) is 0. The molecular formula is C11H12ClFO. The van der Waals surface area contributed by atoms with E-state index in [0.29, 0.717) is 18.4 Å². The Morgan fingerprint density at radius 2 is 2.21 bits per heavy atom. The number of hydrogen-bond donors (Lipinski definition) is 0. The van der Waals surface area contributed by atoms with Crippen LogP contribution in [0.4, 0.5) is 4.39 Å². The molecule has 0 aliphatic carbocycles. The van der Waals surface area contributed by atoms with Crippen molar-refractivity contribution in [1.29, 1.82) is 0 Å². The molecule has 0 radical (unpaired) electrons. The number of aryl methyl sites for hydroxylation is 2. The molecule has 1 nitrogen and oxygen atoms in total. The second kappa shape index (κ2) is 5.11. The lowest BCUT2D eigenvalue weighted by Gasteiger charge is -2.01. The van der Waals surface area contributed by atoms with Gasteiger partial charge in [-0.1, -0.05) is 12.1 Å². The molecule has 1 aromatic rings. The summed E-state index contributed by atoms with van der Waals surface area (Å²) in [5.74, 6) is -0.192. The number of carbonyl (C=O) groups excluding carboxylic acids is 1. The van der Waals surface area contributed by atoms with E-state index in [1.165, 1.54) is 6.07 Å². The van der Waals surface area contributed by atoms with Crippen molar-refractivity contribution in [1.82, 2.24) is 0 Å².